The van der Waals surface area contributed by atoms with Gasteiger partial charge in [0.1, 0.15) is 0 Å². The van der Waals surface area contributed by atoms with E-state index in [9.17, 15) is 0 Å². The summed E-state index contributed by atoms with van der Waals surface area (Å²) in [6, 6.07) is 0. The van der Waals surface area contributed by atoms with Gasteiger partial charge >= 0.3 is 0 Å². The van der Waals surface area contributed by atoms with Crippen molar-refractivity contribution in [2.24, 2.45) is 16.7 Å². The van der Waals surface area contributed by atoms with Gasteiger partial charge in [-0.25, -0.2) is 0 Å². The predicted molar refractivity (Wildman–Crippen MR) is 165 cm³/mol. The van der Waals surface area contributed by atoms with Crippen molar-refractivity contribution in [2.45, 2.75) is 148 Å². The molecule has 0 N–H and O–H groups in total. The van der Waals surface area contributed by atoms with Crippen LogP contribution in [0.5, 0.6) is 0 Å². The Hall–Kier alpha value is -0.120. The zero-order valence-corrected chi connectivity index (χ0v) is 27.0. The minimum absolute atomic E-state index is 0. The van der Waals surface area contributed by atoms with Crippen molar-refractivity contribution in [3.8, 4) is 0 Å². The molecule has 2 rings (SSSR count). The van der Waals surface area contributed by atoms with Crippen molar-refractivity contribution in [1.29, 1.82) is 0 Å². The van der Waals surface area contributed by atoms with Crippen LogP contribution in [0.3, 0.4) is 0 Å². The Morgan fingerprint density at radius 1 is 0.629 bits per heavy atom. The second-order valence-corrected chi connectivity index (χ2v) is 12.3. The lowest BCUT2D eigenvalue weighted by molar-refractivity contribution is -0.0532. The van der Waals surface area contributed by atoms with Crippen LogP contribution in [0.25, 0.3) is 0 Å². The first-order chi connectivity index (χ1) is 15.7. The van der Waals surface area contributed by atoms with Gasteiger partial charge in [-0.15, -0.1) is 0 Å². The van der Waals surface area contributed by atoms with E-state index in [1.54, 1.807) is 0 Å². The topological polar surface area (TPSA) is 9.72 Å². The van der Waals surface area contributed by atoms with Crippen LogP contribution in [-0.4, -0.2) is 72.1 Å². The molecule has 0 atom stereocenters. The van der Waals surface area contributed by atoms with Gasteiger partial charge in [0.15, 0.2) is 0 Å². The monoisotopic (exact) mass is 500 g/mol. The van der Waals surface area contributed by atoms with Crippen molar-refractivity contribution < 1.29 is 0 Å². The normalized spacial score (nSPS) is 19.2. The van der Waals surface area contributed by atoms with Crippen molar-refractivity contribution in [1.82, 2.24) is 14.7 Å². The second kappa shape index (κ2) is 17.4. The lowest BCUT2D eigenvalue weighted by Crippen LogP contribution is -2.63. The van der Waals surface area contributed by atoms with Crippen molar-refractivity contribution in [3.63, 3.8) is 0 Å². The maximum absolute atomic E-state index is 2.79. The van der Waals surface area contributed by atoms with Gasteiger partial charge in [0.2, 0.25) is 0 Å². The molecule has 2 aliphatic heterocycles. The van der Waals surface area contributed by atoms with Gasteiger partial charge in [-0.05, 0) is 90.3 Å². The van der Waals surface area contributed by atoms with E-state index >= 15 is 0 Å². The molecule has 0 aliphatic carbocycles. The minimum Gasteiger partial charge on any atom is -0.306 e. The number of likely N-dealkylation sites (tertiary alicyclic amines) is 1. The Labute approximate surface area is 225 Å². The summed E-state index contributed by atoms with van der Waals surface area (Å²) in [6.07, 6.45) is 5.27. The molecule has 35 heavy (non-hydrogen) atoms. The van der Waals surface area contributed by atoms with E-state index in [0.717, 1.165) is 5.92 Å². The first-order valence-electron chi connectivity index (χ1n) is 14.9. The molecular weight excluding hydrogens is 426 g/mol. The number of hydrogen-bond donors (Lipinski definition) is 0. The predicted octanol–water partition coefficient (Wildman–Crippen LogP) is 9.07. The molecule has 2 saturated heterocycles. The van der Waals surface area contributed by atoms with Crippen molar-refractivity contribution in [3.05, 3.63) is 0 Å². The summed E-state index contributed by atoms with van der Waals surface area (Å²) in [5.41, 5.74) is 1.31. The van der Waals surface area contributed by atoms with Gasteiger partial charge in [0.05, 0.1) is 0 Å². The lowest BCUT2D eigenvalue weighted by Gasteiger charge is -2.55. The molecule has 0 radical (unpaired) electrons. The molecule has 0 amide bonds. The first-order valence-corrected chi connectivity index (χ1v) is 14.9. The molecule has 3 heteroatoms. The second-order valence-electron chi connectivity index (χ2n) is 12.3. The van der Waals surface area contributed by atoms with Gasteiger partial charge < -0.3 is 4.90 Å². The van der Waals surface area contributed by atoms with E-state index in [2.05, 4.69) is 84.1 Å². The molecule has 2 heterocycles. The van der Waals surface area contributed by atoms with E-state index in [1.165, 1.54) is 65.0 Å². The fraction of sp³-hybridized carbons (Fsp3) is 1.00. The quantitative estimate of drug-likeness (QED) is 0.346. The zero-order chi connectivity index (χ0) is 27.4. The van der Waals surface area contributed by atoms with Crippen LogP contribution >= 0.6 is 0 Å². The van der Waals surface area contributed by atoms with Crippen LogP contribution in [0.4, 0.5) is 0 Å². The maximum Gasteiger partial charge on any atom is 0.0205 e. The Balaban J connectivity index is -0.00000135. The van der Waals surface area contributed by atoms with Crippen LogP contribution in [0.15, 0.2) is 0 Å². The summed E-state index contributed by atoms with van der Waals surface area (Å²) in [7, 11) is 2.27. The fourth-order valence-electron chi connectivity index (χ4n) is 5.89. The highest BCUT2D eigenvalue weighted by Crippen LogP contribution is 2.43. The zero-order valence-electron chi connectivity index (χ0n) is 27.0. The third-order valence-corrected chi connectivity index (χ3v) is 9.18. The van der Waals surface area contributed by atoms with Crippen LogP contribution in [0, 0.1) is 16.7 Å². The summed E-state index contributed by atoms with van der Waals surface area (Å²) in [6.45, 7) is 41.6. The maximum atomic E-state index is 2.79. The molecule has 0 bridgehead atoms. The average Bonchev–Trinajstić information content (AvgIpc) is 2.82. The van der Waals surface area contributed by atoms with Crippen LogP contribution < -0.4 is 0 Å². The molecule has 0 saturated carbocycles. The average molecular weight is 500 g/mol. The summed E-state index contributed by atoms with van der Waals surface area (Å²) >= 11 is 0. The smallest absolute Gasteiger partial charge is 0.0205 e. The Morgan fingerprint density at radius 3 is 1.37 bits per heavy atom. The number of rotatable bonds is 7. The Bertz CT molecular complexity index is 491. The minimum atomic E-state index is 0. The van der Waals surface area contributed by atoms with Gasteiger partial charge in [-0.3, -0.25) is 9.80 Å². The van der Waals surface area contributed by atoms with E-state index < -0.39 is 0 Å². The molecule has 2 aliphatic rings. The van der Waals surface area contributed by atoms with E-state index in [0.29, 0.717) is 10.8 Å². The molecule has 3 nitrogen and oxygen atoms in total. The highest BCUT2D eigenvalue weighted by Gasteiger charge is 2.44. The van der Waals surface area contributed by atoms with Gasteiger partial charge in [-0.1, -0.05) is 83.6 Å². The van der Waals surface area contributed by atoms with Crippen LogP contribution in [-0.2, 0) is 0 Å². The van der Waals surface area contributed by atoms with Crippen molar-refractivity contribution >= 4 is 0 Å². The number of piperidine rings is 1. The Morgan fingerprint density at radius 2 is 1.00 bits per heavy atom. The van der Waals surface area contributed by atoms with Gasteiger partial charge in [0, 0.05) is 37.3 Å². The molecule has 0 aromatic rings. The van der Waals surface area contributed by atoms with Gasteiger partial charge in [0.25, 0.3) is 0 Å². The van der Waals surface area contributed by atoms with Crippen molar-refractivity contribution in [2.75, 3.05) is 46.3 Å². The molecule has 216 valence electrons. The largest absolute Gasteiger partial charge is 0.306 e. The van der Waals surface area contributed by atoms with Crippen LogP contribution in [0.2, 0.25) is 0 Å². The summed E-state index contributed by atoms with van der Waals surface area (Å²) in [5, 5.41) is 0. The molecule has 0 aromatic heterocycles. The standard InChI is InChI=1S/C25H51N3.3C2H6.CH4/c1-11-23(4,5)25(8,9)28-18-16-27(17-19-28)24(6,7)20-22(2,3)21-12-14-26(10)15-13-21;3*1-2;/h21H,11-20H2,1-10H3;3*1-2H3;1H4. The number of hydrogen-bond acceptors (Lipinski definition) is 3. The summed E-state index contributed by atoms with van der Waals surface area (Å²) in [4.78, 5) is 8.04. The number of piperazine rings is 1. The van der Waals surface area contributed by atoms with E-state index in [1.807, 2.05) is 41.5 Å². The lowest BCUT2D eigenvalue weighted by atomic mass is 9.67. The molecule has 0 spiro atoms. The molecule has 0 unspecified atom stereocenters. The SMILES string of the molecule is C.CC.CC.CC.CCC(C)(C)C(C)(C)N1CCN(C(C)(C)CC(C)(C)C2CCN(C)CC2)CC1. The molecular formula is C32H73N3. The fourth-order valence-corrected chi connectivity index (χ4v) is 5.89. The van der Waals surface area contributed by atoms with Gasteiger partial charge in [-0.2, -0.15) is 0 Å². The highest BCUT2D eigenvalue weighted by molar-refractivity contribution is 4.99. The summed E-state index contributed by atoms with van der Waals surface area (Å²) in [5.74, 6) is 0.869. The highest BCUT2D eigenvalue weighted by atomic mass is 15.3. The van der Waals surface area contributed by atoms with E-state index in [4.69, 9.17) is 0 Å². The molecule has 2 fully saturated rings. The van der Waals surface area contributed by atoms with E-state index in [-0.39, 0.29) is 18.5 Å². The third kappa shape index (κ3) is 11.0. The first kappa shape index (κ1) is 39.4. The van der Waals surface area contributed by atoms with Crippen LogP contribution in [0.1, 0.15) is 137 Å². The third-order valence-electron chi connectivity index (χ3n) is 9.18. The Kier molecular flexibility index (Phi) is 19.6. The summed E-state index contributed by atoms with van der Waals surface area (Å²) < 4.78 is 0. The molecule has 0 aromatic carbocycles. The number of nitrogens with zero attached hydrogens (tertiary/aromatic N) is 3.